The molecule has 0 amide bonds. The molecule has 0 aromatic carbocycles. The Labute approximate surface area is 143 Å². The predicted molar refractivity (Wildman–Crippen MR) is 97.7 cm³/mol. The Hall–Kier alpha value is 0.210. The SMILES string of the molecule is CCCCCCCCCCCCCCCCC(O)C(O)CCl. The molecule has 0 aliphatic carbocycles. The first-order valence-corrected chi connectivity index (χ1v) is 10.2. The number of rotatable bonds is 17. The molecule has 0 radical (unpaired) electrons. The summed E-state index contributed by atoms with van der Waals surface area (Å²) in [5, 5.41) is 18.9. The molecule has 0 bridgehead atoms. The largest absolute Gasteiger partial charge is 0.390 e. The summed E-state index contributed by atoms with van der Waals surface area (Å²) in [6.45, 7) is 2.27. The molecule has 0 heterocycles. The molecular weight excluding hydrogens is 296 g/mol. The lowest BCUT2D eigenvalue weighted by atomic mass is 10.0. The van der Waals surface area contributed by atoms with E-state index in [2.05, 4.69) is 6.92 Å². The predicted octanol–water partition coefficient (Wildman–Crippen LogP) is 5.82. The van der Waals surface area contributed by atoms with Gasteiger partial charge in [0.2, 0.25) is 0 Å². The monoisotopic (exact) mass is 334 g/mol. The molecule has 0 spiro atoms. The number of aliphatic hydroxyl groups is 2. The normalized spacial score (nSPS) is 14.2. The van der Waals surface area contributed by atoms with Crippen molar-refractivity contribution in [1.29, 1.82) is 0 Å². The standard InChI is InChI=1S/C19H39ClO2/c1-2-3-4-5-6-7-8-9-10-11-12-13-14-15-16-18(21)19(22)17-20/h18-19,21-22H,2-17H2,1H3. The van der Waals surface area contributed by atoms with Crippen LogP contribution < -0.4 is 0 Å². The molecule has 0 aromatic rings. The number of alkyl halides is 1. The number of halogens is 1. The van der Waals surface area contributed by atoms with Crippen LogP contribution in [-0.4, -0.2) is 28.3 Å². The van der Waals surface area contributed by atoms with Crippen molar-refractivity contribution in [3.63, 3.8) is 0 Å². The molecule has 0 saturated carbocycles. The molecule has 2 atom stereocenters. The van der Waals surface area contributed by atoms with E-state index in [1.54, 1.807) is 0 Å². The van der Waals surface area contributed by atoms with Crippen molar-refractivity contribution < 1.29 is 10.2 Å². The van der Waals surface area contributed by atoms with Gasteiger partial charge in [-0.3, -0.25) is 0 Å². The number of hydrogen-bond acceptors (Lipinski definition) is 2. The minimum absolute atomic E-state index is 0.125. The fourth-order valence-electron chi connectivity index (χ4n) is 2.84. The Balaban J connectivity index is 3.08. The van der Waals surface area contributed by atoms with Gasteiger partial charge in [-0.25, -0.2) is 0 Å². The van der Waals surface area contributed by atoms with E-state index in [1.807, 2.05) is 0 Å². The highest BCUT2D eigenvalue weighted by Gasteiger charge is 2.13. The average Bonchev–Trinajstić information content (AvgIpc) is 2.54. The van der Waals surface area contributed by atoms with Crippen LogP contribution in [0.2, 0.25) is 0 Å². The zero-order valence-corrected chi connectivity index (χ0v) is 15.5. The summed E-state index contributed by atoms with van der Waals surface area (Å²) in [5.41, 5.74) is 0. The zero-order valence-electron chi connectivity index (χ0n) is 14.7. The van der Waals surface area contributed by atoms with Crippen LogP contribution in [0.4, 0.5) is 0 Å². The molecule has 0 aliphatic heterocycles. The molecule has 134 valence electrons. The Morgan fingerprint density at radius 1 is 0.591 bits per heavy atom. The molecule has 2 unspecified atom stereocenters. The van der Waals surface area contributed by atoms with Crippen molar-refractivity contribution in [3.05, 3.63) is 0 Å². The summed E-state index contributed by atoms with van der Waals surface area (Å²) >= 11 is 5.50. The first-order chi connectivity index (χ1) is 10.7. The Kier molecular flexibility index (Phi) is 17.7. The summed E-state index contributed by atoms with van der Waals surface area (Å²) in [4.78, 5) is 0. The second-order valence-electron chi connectivity index (χ2n) is 6.67. The van der Waals surface area contributed by atoms with E-state index in [0.29, 0.717) is 6.42 Å². The molecule has 3 heteroatoms. The second kappa shape index (κ2) is 17.6. The van der Waals surface area contributed by atoms with Gasteiger partial charge in [0.1, 0.15) is 0 Å². The van der Waals surface area contributed by atoms with Gasteiger partial charge < -0.3 is 10.2 Å². The zero-order chi connectivity index (χ0) is 16.5. The maximum atomic E-state index is 9.57. The van der Waals surface area contributed by atoms with Crippen molar-refractivity contribution >= 4 is 11.6 Å². The van der Waals surface area contributed by atoms with E-state index in [9.17, 15) is 10.2 Å². The number of unbranched alkanes of at least 4 members (excludes halogenated alkanes) is 13. The summed E-state index contributed by atoms with van der Waals surface area (Å²) in [7, 11) is 0. The van der Waals surface area contributed by atoms with Crippen LogP contribution in [0.15, 0.2) is 0 Å². The molecule has 22 heavy (non-hydrogen) atoms. The van der Waals surface area contributed by atoms with Gasteiger partial charge >= 0.3 is 0 Å². The molecule has 0 fully saturated rings. The third-order valence-corrected chi connectivity index (χ3v) is 4.77. The van der Waals surface area contributed by atoms with Crippen LogP contribution >= 0.6 is 11.6 Å². The summed E-state index contributed by atoms with van der Waals surface area (Å²) in [5.74, 6) is 0.125. The summed E-state index contributed by atoms with van der Waals surface area (Å²) in [6.07, 6.45) is 18.0. The van der Waals surface area contributed by atoms with E-state index in [-0.39, 0.29) is 5.88 Å². The molecule has 0 aliphatic rings. The van der Waals surface area contributed by atoms with Gasteiger partial charge in [0.05, 0.1) is 18.1 Å². The Morgan fingerprint density at radius 2 is 0.955 bits per heavy atom. The lowest BCUT2D eigenvalue weighted by Crippen LogP contribution is -2.27. The lowest BCUT2D eigenvalue weighted by Gasteiger charge is -2.14. The van der Waals surface area contributed by atoms with Crippen molar-refractivity contribution in [2.45, 2.75) is 115 Å². The lowest BCUT2D eigenvalue weighted by molar-refractivity contribution is 0.0267. The van der Waals surface area contributed by atoms with Crippen molar-refractivity contribution in [2.24, 2.45) is 0 Å². The summed E-state index contributed by atoms with van der Waals surface area (Å²) in [6, 6.07) is 0. The molecule has 2 N–H and O–H groups in total. The van der Waals surface area contributed by atoms with Gasteiger partial charge in [-0.1, -0.05) is 96.8 Å². The van der Waals surface area contributed by atoms with E-state index < -0.39 is 12.2 Å². The van der Waals surface area contributed by atoms with Gasteiger partial charge in [-0.05, 0) is 6.42 Å². The topological polar surface area (TPSA) is 40.5 Å². The molecule has 2 nitrogen and oxygen atoms in total. The van der Waals surface area contributed by atoms with Gasteiger partial charge in [0.15, 0.2) is 0 Å². The maximum Gasteiger partial charge on any atom is 0.0933 e. The number of aliphatic hydroxyl groups excluding tert-OH is 2. The minimum Gasteiger partial charge on any atom is -0.390 e. The van der Waals surface area contributed by atoms with Gasteiger partial charge in [-0.2, -0.15) is 0 Å². The molecule has 0 rings (SSSR count). The van der Waals surface area contributed by atoms with Crippen LogP contribution in [0.3, 0.4) is 0 Å². The maximum absolute atomic E-state index is 9.57. The first kappa shape index (κ1) is 22.2. The highest BCUT2D eigenvalue weighted by atomic mass is 35.5. The third-order valence-electron chi connectivity index (χ3n) is 4.46. The van der Waals surface area contributed by atoms with Crippen LogP contribution in [-0.2, 0) is 0 Å². The van der Waals surface area contributed by atoms with E-state index >= 15 is 0 Å². The molecule has 0 saturated heterocycles. The van der Waals surface area contributed by atoms with E-state index in [1.165, 1.54) is 77.0 Å². The van der Waals surface area contributed by atoms with E-state index in [4.69, 9.17) is 11.6 Å². The fraction of sp³-hybridized carbons (Fsp3) is 1.00. The van der Waals surface area contributed by atoms with Crippen LogP contribution in [0.5, 0.6) is 0 Å². The van der Waals surface area contributed by atoms with Crippen LogP contribution in [0, 0.1) is 0 Å². The van der Waals surface area contributed by atoms with Crippen LogP contribution in [0.25, 0.3) is 0 Å². The Morgan fingerprint density at radius 3 is 1.32 bits per heavy atom. The Bertz CT molecular complexity index is 212. The average molecular weight is 335 g/mol. The smallest absolute Gasteiger partial charge is 0.0933 e. The van der Waals surface area contributed by atoms with Crippen molar-refractivity contribution in [2.75, 3.05) is 5.88 Å². The fourth-order valence-corrected chi connectivity index (χ4v) is 3.05. The van der Waals surface area contributed by atoms with Gasteiger partial charge in [-0.15, -0.1) is 11.6 Å². The summed E-state index contributed by atoms with van der Waals surface area (Å²) < 4.78 is 0. The third kappa shape index (κ3) is 15.1. The highest BCUT2D eigenvalue weighted by molar-refractivity contribution is 6.18. The van der Waals surface area contributed by atoms with Gasteiger partial charge in [0.25, 0.3) is 0 Å². The van der Waals surface area contributed by atoms with Crippen LogP contribution in [0.1, 0.15) is 103 Å². The molecular formula is C19H39ClO2. The second-order valence-corrected chi connectivity index (χ2v) is 6.98. The van der Waals surface area contributed by atoms with E-state index in [0.717, 1.165) is 12.8 Å². The van der Waals surface area contributed by atoms with Crippen molar-refractivity contribution in [1.82, 2.24) is 0 Å². The van der Waals surface area contributed by atoms with Gasteiger partial charge in [0, 0.05) is 0 Å². The minimum atomic E-state index is -0.761. The quantitative estimate of drug-likeness (QED) is 0.260. The number of hydrogen-bond donors (Lipinski definition) is 2. The highest BCUT2D eigenvalue weighted by Crippen LogP contribution is 2.14. The first-order valence-electron chi connectivity index (χ1n) is 9.64. The molecule has 0 aromatic heterocycles. The van der Waals surface area contributed by atoms with Crippen molar-refractivity contribution in [3.8, 4) is 0 Å².